The zero-order valence-corrected chi connectivity index (χ0v) is 14.1. The van der Waals surface area contributed by atoms with Crippen LogP contribution in [0.3, 0.4) is 0 Å². The second kappa shape index (κ2) is 5.65. The van der Waals surface area contributed by atoms with Crippen molar-refractivity contribution >= 4 is 13.4 Å². The summed E-state index contributed by atoms with van der Waals surface area (Å²) in [6.07, 6.45) is 2.33. The van der Waals surface area contributed by atoms with Crippen molar-refractivity contribution in [3.8, 4) is 0 Å². The van der Waals surface area contributed by atoms with E-state index in [1.54, 1.807) is 12.1 Å². The van der Waals surface area contributed by atoms with Gasteiger partial charge >= 0.3 is 0 Å². The third kappa shape index (κ3) is 2.64. The van der Waals surface area contributed by atoms with Crippen molar-refractivity contribution in [2.45, 2.75) is 25.4 Å². The maximum atomic E-state index is 13.3. The fourth-order valence-corrected chi connectivity index (χ4v) is 4.72. The minimum absolute atomic E-state index is 0.247. The molecule has 1 saturated carbocycles. The largest absolute Gasteiger partial charge is 0.361 e. The van der Waals surface area contributed by atoms with E-state index >= 15 is 0 Å². The fourth-order valence-electron chi connectivity index (χ4n) is 3.42. The Labute approximate surface area is 136 Å². The molecule has 2 nitrogen and oxygen atoms in total. The van der Waals surface area contributed by atoms with E-state index in [0.717, 1.165) is 41.5 Å². The lowest BCUT2D eigenvalue weighted by molar-refractivity contribution is 0.342. The molecule has 4 rings (SSSR count). The number of hydrogen-bond acceptors (Lipinski definition) is 2. The van der Waals surface area contributed by atoms with E-state index < -0.39 is 7.80 Å². The van der Waals surface area contributed by atoms with Gasteiger partial charge in [-0.1, -0.05) is 36.4 Å². The van der Waals surface area contributed by atoms with Crippen LogP contribution in [-0.4, -0.2) is 17.6 Å². The second-order valence-electron chi connectivity index (χ2n) is 6.30. The summed E-state index contributed by atoms with van der Waals surface area (Å²) in [6, 6.07) is 15.3. The molecule has 1 unspecified atom stereocenters. The SMILES string of the molecule is C[PH](=O)C1=C(c2ccc(F)cc2)c2ccccc2CN1C1CC1. The van der Waals surface area contributed by atoms with Crippen LogP contribution in [0.4, 0.5) is 4.39 Å². The van der Waals surface area contributed by atoms with E-state index in [0.29, 0.717) is 6.04 Å². The van der Waals surface area contributed by atoms with Gasteiger partial charge in [-0.15, -0.1) is 0 Å². The fraction of sp³-hybridized carbons (Fsp3) is 0.263. The molecular weight excluding hydrogens is 308 g/mol. The quantitative estimate of drug-likeness (QED) is 0.761. The van der Waals surface area contributed by atoms with E-state index in [4.69, 9.17) is 0 Å². The smallest absolute Gasteiger partial charge is 0.123 e. The molecule has 1 aliphatic carbocycles. The van der Waals surface area contributed by atoms with Crippen LogP contribution in [0.1, 0.15) is 29.5 Å². The van der Waals surface area contributed by atoms with Crippen molar-refractivity contribution < 1.29 is 8.96 Å². The summed E-state index contributed by atoms with van der Waals surface area (Å²) >= 11 is 0. The number of fused-ring (bicyclic) bond motifs is 1. The number of nitrogens with zero attached hydrogens (tertiary/aromatic N) is 1. The van der Waals surface area contributed by atoms with Gasteiger partial charge in [0.1, 0.15) is 13.6 Å². The van der Waals surface area contributed by atoms with Crippen molar-refractivity contribution in [3.05, 3.63) is 76.5 Å². The molecular formula is C19H19FNOP. The molecule has 2 aliphatic rings. The maximum absolute atomic E-state index is 13.3. The first-order valence-corrected chi connectivity index (χ1v) is 9.92. The summed E-state index contributed by atoms with van der Waals surface area (Å²) in [5.41, 5.74) is 5.31. The molecule has 0 radical (unpaired) electrons. The Hall–Kier alpha value is -1.86. The molecule has 0 spiro atoms. The highest BCUT2D eigenvalue weighted by atomic mass is 31.1. The number of halogens is 1. The van der Waals surface area contributed by atoms with E-state index in [1.165, 1.54) is 17.7 Å². The topological polar surface area (TPSA) is 20.3 Å². The lowest BCUT2D eigenvalue weighted by Gasteiger charge is -2.35. The van der Waals surface area contributed by atoms with Gasteiger partial charge in [0.05, 0.1) is 5.44 Å². The molecule has 1 aliphatic heterocycles. The van der Waals surface area contributed by atoms with Gasteiger partial charge in [0.15, 0.2) is 0 Å². The predicted octanol–water partition coefficient (Wildman–Crippen LogP) is 4.71. The Balaban J connectivity index is 1.98. The zero-order valence-electron chi connectivity index (χ0n) is 13.1. The molecule has 2 aromatic carbocycles. The molecule has 0 aromatic heterocycles. The Bertz CT molecular complexity index is 808. The normalized spacial score (nSPS) is 18.8. The van der Waals surface area contributed by atoms with Crippen LogP contribution in [0.25, 0.3) is 5.57 Å². The first kappa shape index (κ1) is 14.7. The van der Waals surface area contributed by atoms with Gasteiger partial charge in [-0.05, 0) is 48.3 Å². The molecule has 1 heterocycles. The van der Waals surface area contributed by atoms with Gasteiger partial charge in [-0.2, -0.15) is 0 Å². The molecule has 1 fully saturated rings. The van der Waals surface area contributed by atoms with Crippen molar-refractivity contribution in [1.29, 1.82) is 0 Å². The third-order valence-electron chi connectivity index (χ3n) is 4.61. The Morgan fingerprint density at radius 2 is 1.78 bits per heavy atom. The van der Waals surface area contributed by atoms with E-state index in [1.807, 2.05) is 18.8 Å². The summed E-state index contributed by atoms with van der Waals surface area (Å²) in [5, 5.41) is 0. The first-order chi connectivity index (χ1) is 11.1. The standard InChI is InChI=1S/C19H19FNOP/c1-23(22)19-18(13-6-8-15(20)9-7-13)17-5-3-2-4-14(17)12-21(19)16-10-11-16/h2-9,16,23H,10-12H2,1H3. The summed E-state index contributed by atoms with van der Waals surface area (Å²) in [5.74, 6) is -0.247. The van der Waals surface area contributed by atoms with Crippen LogP contribution >= 0.6 is 7.80 Å². The summed E-state index contributed by atoms with van der Waals surface area (Å²) in [6.45, 7) is 2.64. The summed E-state index contributed by atoms with van der Waals surface area (Å²) < 4.78 is 26.0. The minimum atomic E-state index is -1.87. The van der Waals surface area contributed by atoms with Crippen LogP contribution in [0.2, 0.25) is 0 Å². The first-order valence-electron chi connectivity index (χ1n) is 8.01. The summed E-state index contributed by atoms with van der Waals surface area (Å²) in [4.78, 5) is 2.32. The molecule has 2 aromatic rings. The monoisotopic (exact) mass is 327 g/mol. The highest BCUT2D eigenvalue weighted by Crippen LogP contribution is 2.49. The Kier molecular flexibility index (Phi) is 3.61. The van der Waals surface area contributed by atoms with Gasteiger partial charge in [-0.3, -0.25) is 0 Å². The zero-order chi connectivity index (χ0) is 16.0. The lowest BCUT2D eigenvalue weighted by Crippen LogP contribution is -2.28. The Morgan fingerprint density at radius 3 is 2.43 bits per heavy atom. The van der Waals surface area contributed by atoms with Crippen LogP contribution in [0.5, 0.6) is 0 Å². The van der Waals surface area contributed by atoms with Gasteiger partial charge in [-0.25, -0.2) is 4.39 Å². The van der Waals surface area contributed by atoms with Crippen molar-refractivity contribution in [2.24, 2.45) is 0 Å². The van der Waals surface area contributed by atoms with Crippen LogP contribution in [0.15, 0.2) is 54.0 Å². The van der Waals surface area contributed by atoms with E-state index in [-0.39, 0.29) is 5.82 Å². The molecule has 1 atom stereocenters. The van der Waals surface area contributed by atoms with E-state index in [9.17, 15) is 8.96 Å². The second-order valence-corrected chi connectivity index (χ2v) is 7.89. The van der Waals surface area contributed by atoms with Crippen LogP contribution in [-0.2, 0) is 11.1 Å². The van der Waals surface area contributed by atoms with Crippen molar-refractivity contribution in [3.63, 3.8) is 0 Å². The Morgan fingerprint density at radius 1 is 1.09 bits per heavy atom. The molecule has 0 N–H and O–H groups in total. The number of rotatable bonds is 3. The molecule has 0 amide bonds. The lowest BCUT2D eigenvalue weighted by atomic mass is 9.91. The average molecular weight is 327 g/mol. The molecule has 4 heteroatoms. The molecule has 23 heavy (non-hydrogen) atoms. The highest BCUT2D eigenvalue weighted by Gasteiger charge is 2.36. The van der Waals surface area contributed by atoms with E-state index in [2.05, 4.69) is 17.0 Å². The average Bonchev–Trinajstić information content (AvgIpc) is 3.38. The van der Waals surface area contributed by atoms with Crippen molar-refractivity contribution in [1.82, 2.24) is 4.90 Å². The van der Waals surface area contributed by atoms with Gasteiger partial charge in [0.2, 0.25) is 0 Å². The maximum Gasteiger partial charge on any atom is 0.123 e. The molecule has 0 bridgehead atoms. The highest BCUT2D eigenvalue weighted by molar-refractivity contribution is 7.48. The van der Waals surface area contributed by atoms with Crippen molar-refractivity contribution in [2.75, 3.05) is 6.66 Å². The van der Waals surface area contributed by atoms with Gasteiger partial charge in [0.25, 0.3) is 0 Å². The van der Waals surface area contributed by atoms with Gasteiger partial charge < -0.3 is 9.46 Å². The predicted molar refractivity (Wildman–Crippen MR) is 92.4 cm³/mol. The number of hydrogen-bond donors (Lipinski definition) is 0. The van der Waals surface area contributed by atoms with Crippen LogP contribution < -0.4 is 0 Å². The third-order valence-corrected chi connectivity index (χ3v) is 5.81. The minimum Gasteiger partial charge on any atom is -0.361 e. The van der Waals surface area contributed by atoms with Gasteiger partial charge in [0, 0.05) is 18.2 Å². The number of benzene rings is 2. The summed E-state index contributed by atoms with van der Waals surface area (Å²) in [7, 11) is -1.87. The molecule has 0 saturated heterocycles. The van der Waals surface area contributed by atoms with Crippen LogP contribution in [0, 0.1) is 5.82 Å². The molecule has 118 valence electrons.